The molecule has 1 fully saturated rings. The topological polar surface area (TPSA) is 126 Å². The average Bonchev–Trinajstić information content (AvgIpc) is 2.71. The molecule has 0 aliphatic carbocycles. The van der Waals surface area contributed by atoms with Crippen LogP contribution in [0, 0.1) is 0 Å². The van der Waals surface area contributed by atoms with Crippen LogP contribution in [0.1, 0.15) is 10.4 Å². The standard InChI is InChI=1S/C19H25N7O3/c1-25-5-7-26(8-6-25)12-17(27)24-15-4-3-14(9-16(15)29-2)23-19-21-10-13(11-22-19)18(20)28/h3-4,9-11H,5-8,12H2,1-2H3,(H2,20,28)(H,24,27)(H,21,22,23). The number of piperazine rings is 1. The lowest BCUT2D eigenvalue weighted by Crippen LogP contribution is -2.47. The largest absolute Gasteiger partial charge is 0.494 e. The van der Waals surface area contributed by atoms with Crippen molar-refractivity contribution < 1.29 is 14.3 Å². The second kappa shape index (κ2) is 9.30. The maximum absolute atomic E-state index is 12.4. The normalized spacial score (nSPS) is 15.0. The lowest BCUT2D eigenvalue weighted by atomic mass is 10.2. The highest BCUT2D eigenvalue weighted by Crippen LogP contribution is 2.29. The van der Waals surface area contributed by atoms with Crippen LogP contribution in [0.2, 0.25) is 0 Å². The minimum absolute atomic E-state index is 0.0843. The molecule has 10 nitrogen and oxygen atoms in total. The molecule has 2 heterocycles. The molecule has 29 heavy (non-hydrogen) atoms. The molecule has 1 saturated heterocycles. The van der Waals surface area contributed by atoms with Crippen LogP contribution in [0.25, 0.3) is 0 Å². The van der Waals surface area contributed by atoms with Gasteiger partial charge in [-0.3, -0.25) is 14.5 Å². The number of nitrogens with two attached hydrogens (primary N) is 1. The summed E-state index contributed by atoms with van der Waals surface area (Å²) >= 11 is 0. The third-order valence-corrected chi connectivity index (χ3v) is 4.63. The number of benzene rings is 1. The number of carbonyl (C=O) groups is 2. The molecule has 1 aliphatic heterocycles. The smallest absolute Gasteiger partial charge is 0.251 e. The number of rotatable bonds is 7. The van der Waals surface area contributed by atoms with Gasteiger partial charge in [0.25, 0.3) is 5.91 Å². The van der Waals surface area contributed by atoms with Gasteiger partial charge in [0, 0.05) is 50.3 Å². The number of hydrogen-bond donors (Lipinski definition) is 3. The average molecular weight is 399 g/mol. The van der Waals surface area contributed by atoms with Gasteiger partial charge < -0.3 is 26.0 Å². The van der Waals surface area contributed by atoms with Gasteiger partial charge in [-0.25, -0.2) is 9.97 Å². The summed E-state index contributed by atoms with van der Waals surface area (Å²) in [6.45, 7) is 4.01. The van der Waals surface area contributed by atoms with Crippen molar-refractivity contribution in [1.82, 2.24) is 19.8 Å². The van der Waals surface area contributed by atoms with E-state index in [4.69, 9.17) is 10.5 Å². The maximum Gasteiger partial charge on any atom is 0.251 e. The highest BCUT2D eigenvalue weighted by atomic mass is 16.5. The van der Waals surface area contributed by atoms with Crippen LogP contribution < -0.4 is 21.1 Å². The lowest BCUT2D eigenvalue weighted by Gasteiger charge is -2.31. The molecule has 10 heteroatoms. The molecule has 0 unspecified atom stereocenters. The molecule has 1 aromatic carbocycles. The third kappa shape index (κ3) is 5.62. The molecule has 0 radical (unpaired) electrons. The molecular weight excluding hydrogens is 374 g/mol. The number of nitrogens with one attached hydrogen (secondary N) is 2. The van der Waals surface area contributed by atoms with Crippen molar-refractivity contribution in [3.8, 4) is 5.75 Å². The van der Waals surface area contributed by atoms with Gasteiger partial charge in [-0.15, -0.1) is 0 Å². The van der Waals surface area contributed by atoms with Gasteiger partial charge in [0.15, 0.2) is 0 Å². The highest BCUT2D eigenvalue weighted by Gasteiger charge is 2.17. The molecule has 2 aromatic rings. The van der Waals surface area contributed by atoms with Gasteiger partial charge in [0.05, 0.1) is 24.9 Å². The van der Waals surface area contributed by atoms with Gasteiger partial charge in [0.2, 0.25) is 11.9 Å². The minimum Gasteiger partial charge on any atom is -0.494 e. The second-order valence-corrected chi connectivity index (χ2v) is 6.83. The summed E-state index contributed by atoms with van der Waals surface area (Å²) in [7, 11) is 3.61. The fraction of sp³-hybridized carbons (Fsp3) is 0.368. The van der Waals surface area contributed by atoms with Crippen LogP contribution in [0.15, 0.2) is 30.6 Å². The molecule has 3 rings (SSSR count). The molecular formula is C19H25N7O3. The Morgan fingerprint density at radius 1 is 1.17 bits per heavy atom. The van der Waals surface area contributed by atoms with Crippen molar-refractivity contribution in [1.29, 1.82) is 0 Å². The molecule has 0 atom stereocenters. The van der Waals surface area contributed by atoms with Crippen molar-refractivity contribution in [3.05, 3.63) is 36.2 Å². The highest BCUT2D eigenvalue weighted by molar-refractivity contribution is 5.94. The quantitative estimate of drug-likeness (QED) is 0.615. The van der Waals surface area contributed by atoms with E-state index in [0.29, 0.717) is 29.6 Å². The van der Waals surface area contributed by atoms with Crippen LogP contribution in [0.4, 0.5) is 17.3 Å². The summed E-state index contributed by atoms with van der Waals surface area (Å²) in [5.74, 6) is 0.146. The van der Waals surface area contributed by atoms with Crippen LogP contribution in [-0.2, 0) is 4.79 Å². The predicted octanol–water partition coefficient (Wildman–Crippen LogP) is 0.514. The zero-order valence-corrected chi connectivity index (χ0v) is 16.5. The first-order valence-electron chi connectivity index (χ1n) is 9.22. The molecule has 4 N–H and O–H groups in total. The number of likely N-dealkylation sites (N-methyl/N-ethyl adjacent to an activating group) is 1. The summed E-state index contributed by atoms with van der Waals surface area (Å²) in [5, 5.41) is 5.92. The van der Waals surface area contributed by atoms with Crippen LogP contribution >= 0.6 is 0 Å². The van der Waals surface area contributed by atoms with Gasteiger partial charge in [-0.2, -0.15) is 0 Å². The van der Waals surface area contributed by atoms with Crippen LogP contribution in [0.5, 0.6) is 5.75 Å². The maximum atomic E-state index is 12.4. The zero-order valence-electron chi connectivity index (χ0n) is 16.5. The fourth-order valence-corrected chi connectivity index (χ4v) is 2.92. The first-order valence-corrected chi connectivity index (χ1v) is 9.22. The Morgan fingerprint density at radius 2 is 1.86 bits per heavy atom. The molecule has 1 aliphatic rings. The van der Waals surface area contributed by atoms with Gasteiger partial charge in [0.1, 0.15) is 5.75 Å². The summed E-state index contributed by atoms with van der Waals surface area (Å²) < 4.78 is 5.40. The minimum atomic E-state index is -0.588. The van der Waals surface area contributed by atoms with E-state index >= 15 is 0 Å². The molecule has 0 saturated carbocycles. The van der Waals surface area contributed by atoms with Gasteiger partial charge >= 0.3 is 0 Å². The zero-order chi connectivity index (χ0) is 20.8. The van der Waals surface area contributed by atoms with Crippen molar-refractivity contribution in [2.45, 2.75) is 0 Å². The molecule has 0 bridgehead atoms. The van der Waals surface area contributed by atoms with E-state index in [1.165, 1.54) is 19.5 Å². The fourth-order valence-electron chi connectivity index (χ4n) is 2.92. The first kappa shape index (κ1) is 20.5. The molecule has 2 amide bonds. The second-order valence-electron chi connectivity index (χ2n) is 6.83. The van der Waals surface area contributed by atoms with Crippen molar-refractivity contribution >= 4 is 29.1 Å². The Balaban J connectivity index is 1.62. The summed E-state index contributed by atoms with van der Waals surface area (Å²) in [4.78, 5) is 36.0. The van der Waals surface area contributed by atoms with E-state index in [1.807, 2.05) is 0 Å². The number of methoxy groups -OCH3 is 1. The Kier molecular flexibility index (Phi) is 6.57. The van der Waals surface area contributed by atoms with Crippen LogP contribution in [0.3, 0.4) is 0 Å². The lowest BCUT2D eigenvalue weighted by molar-refractivity contribution is -0.117. The monoisotopic (exact) mass is 399 g/mol. The van der Waals surface area contributed by atoms with Crippen molar-refractivity contribution in [3.63, 3.8) is 0 Å². The Morgan fingerprint density at radius 3 is 2.48 bits per heavy atom. The van der Waals surface area contributed by atoms with Crippen molar-refractivity contribution in [2.75, 3.05) is 57.5 Å². The van der Waals surface area contributed by atoms with Gasteiger partial charge in [-0.05, 0) is 19.2 Å². The number of carbonyl (C=O) groups excluding carboxylic acids is 2. The SMILES string of the molecule is COc1cc(Nc2ncc(C(N)=O)cn2)ccc1NC(=O)CN1CCN(C)CC1. The number of nitrogens with zero attached hydrogens (tertiary/aromatic N) is 4. The summed E-state index contributed by atoms with van der Waals surface area (Å²) in [6, 6.07) is 5.26. The Labute approximate surface area is 169 Å². The summed E-state index contributed by atoms with van der Waals surface area (Å²) in [6.07, 6.45) is 2.70. The first-order chi connectivity index (χ1) is 13.9. The third-order valence-electron chi connectivity index (χ3n) is 4.63. The molecule has 1 aromatic heterocycles. The van der Waals surface area contributed by atoms with E-state index in [2.05, 4.69) is 37.4 Å². The number of amides is 2. The van der Waals surface area contributed by atoms with Crippen LogP contribution in [-0.4, -0.2) is 78.5 Å². The number of hydrogen-bond acceptors (Lipinski definition) is 8. The van der Waals surface area contributed by atoms with Crippen molar-refractivity contribution in [2.24, 2.45) is 5.73 Å². The van der Waals surface area contributed by atoms with E-state index < -0.39 is 5.91 Å². The van der Waals surface area contributed by atoms with Gasteiger partial charge in [-0.1, -0.05) is 0 Å². The molecule has 0 spiro atoms. The number of aromatic nitrogens is 2. The van der Waals surface area contributed by atoms with E-state index in [1.54, 1.807) is 18.2 Å². The Hall–Kier alpha value is -3.24. The number of primary amides is 1. The molecule has 154 valence electrons. The predicted molar refractivity (Wildman–Crippen MR) is 109 cm³/mol. The Bertz CT molecular complexity index is 865. The number of anilines is 3. The van der Waals surface area contributed by atoms with E-state index in [0.717, 1.165) is 26.2 Å². The van der Waals surface area contributed by atoms with E-state index in [9.17, 15) is 9.59 Å². The van der Waals surface area contributed by atoms with E-state index in [-0.39, 0.29) is 11.5 Å². The summed E-state index contributed by atoms with van der Waals surface area (Å²) in [5.41, 5.74) is 6.67. The number of ether oxygens (including phenoxy) is 1.